The smallest absolute Gasteiger partial charge is 0.305 e. The molecular formula is C15H17NO2S. The highest BCUT2D eigenvalue weighted by atomic mass is 32.1. The van der Waals surface area contributed by atoms with Crippen LogP contribution in [0.15, 0.2) is 23.6 Å². The van der Waals surface area contributed by atoms with Crippen LogP contribution in [0.3, 0.4) is 0 Å². The molecule has 0 aliphatic heterocycles. The van der Waals surface area contributed by atoms with Crippen LogP contribution in [-0.2, 0) is 16.0 Å². The number of hydrogen-bond donors (Lipinski definition) is 0. The van der Waals surface area contributed by atoms with Gasteiger partial charge in [0.05, 0.1) is 19.2 Å². The second-order valence-corrected chi connectivity index (χ2v) is 5.40. The van der Waals surface area contributed by atoms with E-state index in [-0.39, 0.29) is 5.97 Å². The van der Waals surface area contributed by atoms with Crippen LogP contribution in [0.1, 0.15) is 23.2 Å². The Morgan fingerprint density at radius 1 is 1.37 bits per heavy atom. The molecule has 100 valence electrons. The van der Waals surface area contributed by atoms with Crippen LogP contribution in [0.4, 0.5) is 0 Å². The van der Waals surface area contributed by atoms with Crippen molar-refractivity contribution in [1.29, 1.82) is 0 Å². The van der Waals surface area contributed by atoms with E-state index < -0.39 is 0 Å². The fraction of sp³-hybridized carbons (Fsp3) is 0.333. The SMILES string of the molecule is COC(=O)CCc1csc(-c2cc(C)ccc2C)n1. The minimum Gasteiger partial charge on any atom is -0.469 e. The first-order valence-corrected chi connectivity index (χ1v) is 7.07. The Morgan fingerprint density at radius 3 is 2.89 bits per heavy atom. The van der Waals surface area contributed by atoms with Gasteiger partial charge in [-0.15, -0.1) is 11.3 Å². The van der Waals surface area contributed by atoms with Crippen molar-refractivity contribution in [3.05, 3.63) is 40.4 Å². The molecule has 0 saturated carbocycles. The fourth-order valence-corrected chi connectivity index (χ4v) is 2.78. The molecule has 1 heterocycles. The van der Waals surface area contributed by atoms with E-state index in [1.54, 1.807) is 11.3 Å². The molecule has 0 atom stereocenters. The predicted octanol–water partition coefficient (Wildman–Crippen LogP) is 3.53. The number of carbonyl (C=O) groups is 1. The average Bonchev–Trinajstić information content (AvgIpc) is 2.87. The van der Waals surface area contributed by atoms with Crippen molar-refractivity contribution in [2.24, 2.45) is 0 Å². The molecule has 0 amide bonds. The number of hydrogen-bond acceptors (Lipinski definition) is 4. The van der Waals surface area contributed by atoms with Crippen LogP contribution in [0.5, 0.6) is 0 Å². The van der Waals surface area contributed by atoms with E-state index in [1.165, 1.54) is 23.8 Å². The van der Waals surface area contributed by atoms with Gasteiger partial charge in [-0.3, -0.25) is 4.79 Å². The Hall–Kier alpha value is -1.68. The summed E-state index contributed by atoms with van der Waals surface area (Å²) >= 11 is 1.62. The van der Waals surface area contributed by atoms with Gasteiger partial charge in [-0.05, 0) is 25.5 Å². The second kappa shape index (κ2) is 5.97. The summed E-state index contributed by atoms with van der Waals surface area (Å²) in [6.45, 7) is 4.17. The monoisotopic (exact) mass is 275 g/mol. The number of rotatable bonds is 4. The maximum atomic E-state index is 11.1. The molecule has 2 rings (SSSR count). The summed E-state index contributed by atoms with van der Waals surface area (Å²) < 4.78 is 4.63. The lowest BCUT2D eigenvalue weighted by Crippen LogP contribution is -2.01. The summed E-state index contributed by atoms with van der Waals surface area (Å²) in [5.74, 6) is -0.193. The number of carbonyl (C=O) groups excluding carboxylic acids is 1. The molecule has 0 spiro atoms. The Balaban J connectivity index is 2.16. The van der Waals surface area contributed by atoms with Crippen molar-refractivity contribution < 1.29 is 9.53 Å². The van der Waals surface area contributed by atoms with Crippen LogP contribution in [-0.4, -0.2) is 18.1 Å². The number of aryl methyl sites for hydroxylation is 3. The highest BCUT2D eigenvalue weighted by molar-refractivity contribution is 7.13. The maximum absolute atomic E-state index is 11.1. The largest absolute Gasteiger partial charge is 0.469 e. The first-order chi connectivity index (χ1) is 9.10. The van der Waals surface area contributed by atoms with Gasteiger partial charge < -0.3 is 4.74 Å². The van der Waals surface area contributed by atoms with E-state index in [0.717, 1.165) is 10.7 Å². The van der Waals surface area contributed by atoms with Crippen LogP contribution >= 0.6 is 11.3 Å². The van der Waals surface area contributed by atoms with Crippen molar-refractivity contribution in [2.75, 3.05) is 7.11 Å². The number of ether oxygens (including phenoxy) is 1. The Bertz CT molecular complexity index is 590. The standard InChI is InChI=1S/C15H17NO2S/c1-10-4-5-11(2)13(8-10)15-16-12(9-19-15)6-7-14(17)18-3/h4-5,8-9H,6-7H2,1-3H3. The Labute approximate surface area is 117 Å². The van der Waals surface area contributed by atoms with Crippen molar-refractivity contribution in [3.63, 3.8) is 0 Å². The van der Waals surface area contributed by atoms with Crippen LogP contribution < -0.4 is 0 Å². The van der Waals surface area contributed by atoms with Gasteiger partial charge in [-0.2, -0.15) is 0 Å². The van der Waals surface area contributed by atoms with Gasteiger partial charge in [0, 0.05) is 17.4 Å². The third-order valence-electron chi connectivity index (χ3n) is 2.99. The molecule has 2 aromatic rings. The number of methoxy groups -OCH3 is 1. The highest BCUT2D eigenvalue weighted by Crippen LogP contribution is 2.28. The number of aromatic nitrogens is 1. The van der Waals surface area contributed by atoms with E-state index in [1.807, 2.05) is 5.38 Å². The summed E-state index contributed by atoms with van der Waals surface area (Å²) in [6, 6.07) is 6.36. The van der Waals surface area contributed by atoms with Gasteiger partial charge in [-0.25, -0.2) is 4.98 Å². The number of nitrogens with zero attached hydrogens (tertiary/aromatic N) is 1. The zero-order chi connectivity index (χ0) is 13.8. The van der Waals surface area contributed by atoms with Crippen molar-refractivity contribution in [2.45, 2.75) is 26.7 Å². The zero-order valence-corrected chi connectivity index (χ0v) is 12.2. The van der Waals surface area contributed by atoms with Crippen molar-refractivity contribution >= 4 is 17.3 Å². The summed E-state index contributed by atoms with van der Waals surface area (Å²) in [5.41, 5.74) is 4.58. The molecule has 0 bridgehead atoms. The maximum Gasteiger partial charge on any atom is 0.305 e. The molecule has 1 aromatic heterocycles. The molecule has 0 aliphatic rings. The van der Waals surface area contributed by atoms with E-state index >= 15 is 0 Å². The molecule has 0 saturated heterocycles. The molecule has 19 heavy (non-hydrogen) atoms. The molecule has 0 N–H and O–H groups in total. The molecule has 0 radical (unpaired) electrons. The van der Waals surface area contributed by atoms with Crippen molar-refractivity contribution in [1.82, 2.24) is 4.98 Å². The summed E-state index contributed by atoms with van der Waals surface area (Å²) in [6.07, 6.45) is 1.01. The number of esters is 1. The van der Waals surface area contributed by atoms with E-state index in [2.05, 4.69) is 41.8 Å². The lowest BCUT2D eigenvalue weighted by atomic mass is 10.1. The van der Waals surface area contributed by atoms with Gasteiger partial charge in [0.25, 0.3) is 0 Å². The van der Waals surface area contributed by atoms with Gasteiger partial charge in [-0.1, -0.05) is 17.7 Å². The van der Waals surface area contributed by atoms with Crippen LogP contribution in [0, 0.1) is 13.8 Å². The van der Waals surface area contributed by atoms with Gasteiger partial charge >= 0.3 is 5.97 Å². The quantitative estimate of drug-likeness (QED) is 0.801. The molecular weight excluding hydrogens is 258 g/mol. The first kappa shape index (κ1) is 13.7. The van der Waals surface area contributed by atoms with Gasteiger partial charge in [0.1, 0.15) is 5.01 Å². The topological polar surface area (TPSA) is 39.2 Å². The molecule has 0 fully saturated rings. The number of benzene rings is 1. The first-order valence-electron chi connectivity index (χ1n) is 6.19. The molecule has 0 aliphatic carbocycles. The fourth-order valence-electron chi connectivity index (χ4n) is 1.84. The normalized spacial score (nSPS) is 10.5. The van der Waals surface area contributed by atoms with Crippen molar-refractivity contribution in [3.8, 4) is 10.6 Å². The lowest BCUT2D eigenvalue weighted by molar-refractivity contribution is -0.140. The van der Waals surface area contributed by atoms with E-state index in [4.69, 9.17) is 0 Å². The second-order valence-electron chi connectivity index (χ2n) is 4.54. The van der Waals surface area contributed by atoms with Crippen LogP contribution in [0.25, 0.3) is 10.6 Å². The van der Waals surface area contributed by atoms with Gasteiger partial charge in [0.15, 0.2) is 0 Å². The predicted molar refractivity (Wildman–Crippen MR) is 77.4 cm³/mol. The average molecular weight is 275 g/mol. The minimum atomic E-state index is -0.193. The highest BCUT2D eigenvalue weighted by Gasteiger charge is 2.09. The third kappa shape index (κ3) is 3.41. The zero-order valence-electron chi connectivity index (χ0n) is 11.4. The van der Waals surface area contributed by atoms with E-state index in [0.29, 0.717) is 12.8 Å². The summed E-state index contributed by atoms with van der Waals surface area (Å²) in [7, 11) is 1.41. The lowest BCUT2D eigenvalue weighted by Gasteiger charge is -2.03. The Morgan fingerprint density at radius 2 is 2.16 bits per heavy atom. The van der Waals surface area contributed by atoms with Crippen LogP contribution in [0.2, 0.25) is 0 Å². The van der Waals surface area contributed by atoms with Gasteiger partial charge in [0.2, 0.25) is 0 Å². The molecule has 4 heteroatoms. The van der Waals surface area contributed by atoms with E-state index in [9.17, 15) is 4.79 Å². The minimum absolute atomic E-state index is 0.193. The summed E-state index contributed by atoms with van der Waals surface area (Å²) in [5, 5.41) is 3.03. The molecule has 1 aromatic carbocycles. The molecule has 0 unspecified atom stereocenters. The summed E-state index contributed by atoms with van der Waals surface area (Å²) in [4.78, 5) is 15.7. The third-order valence-corrected chi connectivity index (χ3v) is 3.91. The Kier molecular flexibility index (Phi) is 4.32. The molecule has 3 nitrogen and oxygen atoms in total. The number of thiazole rings is 1.